The molecule has 0 N–H and O–H groups in total. The lowest BCUT2D eigenvalue weighted by molar-refractivity contribution is 0.308. The molecule has 84 valence electrons. The van der Waals surface area contributed by atoms with Gasteiger partial charge in [0, 0.05) is 5.56 Å². The highest BCUT2D eigenvalue weighted by molar-refractivity contribution is 9.24. The maximum absolute atomic E-state index is 13.5. The van der Waals surface area contributed by atoms with Gasteiger partial charge < -0.3 is 4.74 Å². The highest BCUT2D eigenvalue weighted by Crippen LogP contribution is 2.40. The van der Waals surface area contributed by atoms with Gasteiger partial charge in [-0.3, -0.25) is 0 Å². The fraction of sp³-hybridized carbons (Fsp3) is 0.455. The van der Waals surface area contributed by atoms with Crippen molar-refractivity contribution in [1.82, 2.24) is 0 Å². The molecule has 0 aromatic heterocycles. The van der Waals surface area contributed by atoms with Gasteiger partial charge in [0.15, 0.2) is 0 Å². The van der Waals surface area contributed by atoms with Crippen molar-refractivity contribution in [3.05, 3.63) is 29.8 Å². The van der Waals surface area contributed by atoms with Gasteiger partial charge in [-0.1, -0.05) is 25.5 Å². The van der Waals surface area contributed by atoms with Gasteiger partial charge in [0.1, 0.15) is 5.75 Å². The third-order valence-electron chi connectivity index (χ3n) is 1.93. The summed E-state index contributed by atoms with van der Waals surface area (Å²) in [6, 6.07) is 6.97. The Hall–Kier alpha value is -0.0900. The zero-order valence-electron chi connectivity index (χ0n) is 8.47. The first-order valence-corrected chi connectivity index (χ1v) is 6.42. The van der Waals surface area contributed by atoms with Crippen LogP contribution in [0.5, 0.6) is 5.75 Å². The predicted octanol–water partition coefficient (Wildman–Crippen LogP) is 4.74. The molecule has 0 spiro atoms. The summed E-state index contributed by atoms with van der Waals surface area (Å²) in [5, 5.41) is 0. The molecule has 0 amide bonds. The van der Waals surface area contributed by atoms with E-state index in [-0.39, 0.29) is 0 Å². The lowest BCUT2D eigenvalue weighted by Gasteiger charge is -2.12. The molecule has 0 atom stereocenters. The number of ether oxygens (including phenoxy) is 1. The zero-order chi connectivity index (χ0) is 11.3. The largest absolute Gasteiger partial charge is 0.494 e. The molecule has 0 saturated heterocycles. The minimum absolute atomic E-state index is 0.497. The molecule has 1 rings (SSSR count). The van der Waals surface area contributed by atoms with Gasteiger partial charge in [0.2, 0.25) is 3.49 Å². The van der Waals surface area contributed by atoms with Crippen molar-refractivity contribution in [1.29, 1.82) is 0 Å². The van der Waals surface area contributed by atoms with Crippen LogP contribution < -0.4 is 4.74 Å². The summed E-state index contributed by atoms with van der Waals surface area (Å²) in [6.07, 6.45) is 2.09. The van der Waals surface area contributed by atoms with Gasteiger partial charge in [-0.25, -0.2) is 4.39 Å². The van der Waals surface area contributed by atoms with Gasteiger partial charge in [0.05, 0.1) is 6.61 Å². The highest BCUT2D eigenvalue weighted by atomic mass is 79.9. The number of unbranched alkanes of at least 4 members (excludes halogenated alkanes) is 1. The molecule has 0 fully saturated rings. The number of alkyl halides is 3. The van der Waals surface area contributed by atoms with Crippen molar-refractivity contribution in [3.63, 3.8) is 0 Å². The van der Waals surface area contributed by atoms with Crippen LogP contribution in [-0.2, 0) is 3.49 Å². The van der Waals surface area contributed by atoms with Crippen LogP contribution in [0.2, 0.25) is 0 Å². The summed E-state index contributed by atoms with van der Waals surface area (Å²) in [4.78, 5) is 0. The smallest absolute Gasteiger partial charge is 0.244 e. The Morgan fingerprint density at radius 3 is 2.73 bits per heavy atom. The monoisotopic (exact) mass is 338 g/mol. The van der Waals surface area contributed by atoms with Crippen LogP contribution in [0.1, 0.15) is 25.3 Å². The van der Waals surface area contributed by atoms with E-state index in [0.29, 0.717) is 17.9 Å². The summed E-state index contributed by atoms with van der Waals surface area (Å²) in [6.45, 7) is 2.77. The molecule has 0 saturated carbocycles. The minimum atomic E-state index is -1.68. The molecular formula is C11H13Br2FO. The lowest BCUT2D eigenvalue weighted by Crippen LogP contribution is -2.02. The predicted molar refractivity (Wildman–Crippen MR) is 67.5 cm³/mol. The van der Waals surface area contributed by atoms with E-state index >= 15 is 0 Å². The van der Waals surface area contributed by atoms with E-state index in [1.165, 1.54) is 0 Å². The topological polar surface area (TPSA) is 9.23 Å². The van der Waals surface area contributed by atoms with Gasteiger partial charge in [-0.2, -0.15) is 0 Å². The van der Waals surface area contributed by atoms with Gasteiger partial charge in [-0.05, 0) is 50.4 Å². The van der Waals surface area contributed by atoms with Crippen molar-refractivity contribution in [3.8, 4) is 5.75 Å². The van der Waals surface area contributed by atoms with Crippen molar-refractivity contribution in [2.45, 2.75) is 23.3 Å². The van der Waals surface area contributed by atoms with Gasteiger partial charge in [-0.15, -0.1) is 0 Å². The Morgan fingerprint density at radius 2 is 2.13 bits per heavy atom. The standard InChI is InChI=1S/C11H13Br2FO/c1-2-3-7-15-10-6-4-5-9(8-10)11(12,13)14/h4-6,8H,2-3,7H2,1H3. The number of hydrogen-bond acceptors (Lipinski definition) is 1. The van der Waals surface area contributed by atoms with E-state index in [9.17, 15) is 4.39 Å². The lowest BCUT2D eigenvalue weighted by atomic mass is 10.2. The first-order chi connectivity index (χ1) is 7.04. The van der Waals surface area contributed by atoms with Gasteiger partial charge in [0.25, 0.3) is 0 Å². The maximum atomic E-state index is 13.5. The Labute approximate surface area is 106 Å². The summed E-state index contributed by atoms with van der Waals surface area (Å²) >= 11 is 5.79. The van der Waals surface area contributed by atoms with Gasteiger partial charge >= 0.3 is 0 Å². The maximum Gasteiger partial charge on any atom is 0.244 e. The molecule has 0 aliphatic rings. The molecule has 0 aliphatic carbocycles. The number of halogens is 3. The third-order valence-corrected chi connectivity index (χ3v) is 2.84. The first kappa shape index (κ1) is 13.0. The Bertz CT molecular complexity index is 310. The van der Waals surface area contributed by atoms with Crippen LogP contribution in [0.4, 0.5) is 4.39 Å². The fourth-order valence-electron chi connectivity index (χ4n) is 1.10. The number of benzene rings is 1. The second-order valence-corrected chi connectivity index (χ2v) is 6.48. The second kappa shape index (κ2) is 5.85. The number of hydrogen-bond donors (Lipinski definition) is 0. The summed E-state index contributed by atoms with van der Waals surface area (Å²) < 4.78 is 17.3. The molecular weight excluding hydrogens is 327 g/mol. The average Bonchev–Trinajstić information content (AvgIpc) is 2.17. The SMILES string of the molecule is CCCCOc1cccc(C(F)(Br)Br)c1. The fourth-order valence-corrected chi connectivity index (χ4v) is 1.59. The van der Waals surface area contributed by atoms with Crippen molar-refractivity contribution < 1.29 is 9.13 Å². The molecule has 1 nitrogen and oxygen atoms in total. The van der Waals surface area contributed by atoms with Crippen LogP contribution in [0, 0.1) is 0 Å². The zero-order valence-corrected chi connectivity index (χ0v) is 11.6. The van der Waals surface area contributed by atoms with Crippen LogP contribution in [0.25, 0.3) is 0 Å². The Morgan fingerprint density at radius 1 is 1.40 bits per heavy atom. The van der Waals surface area contributed by atoms with E-state index < -0.39 is 3.49 Å². The van der Waals surface area contributed by atoms with E-state index in [4.69, 9.17) is 4.74 Å². The first-order valence-electron chi connectivity index (χ1n) is 4.84. The second-order valence-electron chi connectivity index (χ2n) is 3.23. The van der Waals surface area contributed by atoms with Crippen LogP contribution in [-0.4, -0.2) is 6.61 Å². The molecule has 15 heavy (non-hydrogen) atoms. The van der Waals surface area contributed by atoms with E-state index in [2.05, 4.69) is 38.8 Å². The van der Waals surface area contributed by atoms with Crippen molar-refractivity contribution >= 4 is 31.9 Å². The summed E-state index contributed by atoms with van der Waals surface area (Å²) in [7, 11) is 0. The molecule has 0 heterocycles. The van der Waals surface area contributed by atoms with E-state index in [0.717, 1.165) is 12.8 Å². The molecule has 1 aromatic carbocycles. The molecule has 4 heteroatoms. The summed E-state index contributed by atoms with van der Waals surface area (Å²) in [5.74, 6) is 0.696. The van der Waals surface area contributed by atoms with Crippen LogP contribution in [0.3, 0.4) is 0 Å². The van der Waals surface area contributed by atoms with Crippen molar-refractivity contribution in [2.24, 2.45) is 0 Å². The quantitative estimate of drug-likeness (QED) is 0.556. The van der Waals surface area contributed by atoms with Crippen molar-refractivity contribution in [2.75, 3.05) is 6.61 Å². The third kappa shape index (κ3) is 4.51. The Balaban J connectivity index is 2.66. The minimum Gasteiger partial charge on any atom is -0.494 e. The van der Waals surface area contributed by atoms with Crippen LogP contribution in [0.15, 0.2) is 24.3 Å². The molecule has 0 aliphatic heterocycles. The highest BCUT2D eigenvalue weighted by Gasteiger charge is 2.23. The molecule has 0 radical (unpaired) electrons. The summed E-state index contributed by atoms with van der Waals surface area (Å²) in [5.41, 5.74) is 0.497. The normalized spacial score (nSPS) is 11.5. The number of rotatable bonds is 5. The van der Waals surface area contributed by atoms with E-state index in [1.54, 1.807) is 18.2 Å². The molecule has 0 unspecified atom stereocenters. The van der Waals surface area contributed by atoms with E-state index in [1.807, 2.05) is 6.07 Å². The van der Waals surface area contributed by atoms with Crippen LogP contribution >= 0.6 is 31.9 Å². The molecule has 0 bridgehead atoms. The Kier molecular flexibility index (Phi) is 5.06. The molecule has 1 aromatic rings. The average molecular weight is 340 g/mol.